The van der Waals surface area contributed by atoms with E-state index in [0.29, 0.717) is 17.8 Å². The molecule has 0 amide bonds. The molecule has 1 fully saturated rings. The van der Waals surface area contributed by atoms with E-state index >= 15 is 0 Å². The summed E-state index contributed by atoms with van der Waals surface area (Å²) in [7, 11) is 0. The topological polar surface area (TPSA) is 22.3 Å². The van der Waals surface area contributed by atoms with Gasteiger partial charge in [-0.05, 0) is 18.8 Å². The summed E-state index contributed by atoms with van der Waals surface area (Å²) in [6.07, 6.45) is 7.75. The molecule has 0 heterocycles. The van der Waals surface area contributed by atoms with E-state index in [0.717, 1.165) is 0 Å². The zero-order valence-corrected chi connectivity index (χ0v) is 13.4. The molecule has 1 aliphatic rings. The summed E-state index contributed by atoms with van der Waals surface area (Å²) in [4.78, 5) is 0. The minimum atomic E-state index is 0. The van der Waals surface area contributed by atoms with Crippen molar-refractivity contribution in [3.63, 3.8) is 0 Å². The van der Waals surface area contributed by atoms with Gasteiger partial charge in [-0.25, -0.2) is 6.21 Å². The quantitative estimate of drug-likeness (QED) is 0.363. The minimum absolute atomic E-state index is 0. The van der Waals surface area contributed by atoms with Gasteiger partial charge < -0.3 is 19.3 Å². The van der Waals surface area contributed by atoms with Crippen molar-refractivity contribution in [1.82, 2.24) is 0 Å². The van der Waals surface area contributed by atoms with Gasteiger partial charge in [0.2, 0.25) is 0 Å². The van der Waals surface area contributed by atoms with Gasteiger partial charge in [0.15, 0.2) is 0 Å². The maximum atomic E-state index is 8.57. The Labute approximate surface area is 120 Å². The summed E-state index contributed by atoms with van der Waals surface area (Å²) in [5.74, 6) is 1.68. The van der Waals surface area contributed by atoms with E-state index in [1.54, 1.807) is 0 Å². The zero-order valence-electron chi connectivity index (χ0n) is 12.3. The number of hydrogen-bond acceptors (Lipinski definition) is 0. The van der Waals surface area contributed by atoms with Crippen molar-refractivity contribution in [1.29, 1.82) is 0 Å². The average molecular weight is 251 g/mol. The normalized spacial score (nSPS) is 15.1. The first-order valence-electron chi connectivity index (χ1n) is 6.53. The van der Waals surface area contributed by atoms with Crippen LogP contribution in [0.5, 0.6) is 0 Å². The molecule has 98 valence electrons. The summed E-state index contributed by atoms with van der Waals surface area (Å²) in [6, 6.07) is 0. The first-order chi connectivity index (χ1) is 7.40. The van der Waals surface area contributed by atoms with E-state index < -0.39 is 0 Å². The molecule has 0 unspecified atom stereocenters. The fraction of sp³-hybridized carbons (Fsp3) is 0.800. The van der Waals surface area contributed by atoms with Crippen LogP contribution in [-0.2, 0) is 0 Å². The molecule has 2 heteroatoms. The van der Waals surface area contributed by atoms with Crippen molar-refractivity contribution in [2.75, 3.05) is 0 Å². The van der Waals surface area contributed by atoms with Crippen LogP contribution in [0.15, 0.2) is 0 Å². The van der Waals surface area contributed by atoms with Crippen molar-refractivity contribution >= 4 is 23.6 Å². The third-order valence-electron chi connectivity index (χ3n) is 1.86. The molecule has 0 radical (unpaired) electrons. The minimum Gasteiger partial charge on any atom is -0.814 e. The fourth-order valence-electron chi connectivity index (χ4n) is 1.28. The largest absolute Gasteiger partial charge is 3.00 e. The van der Waals surface area contributed by atoms with E-state index in [1.165, 1.54) is 38.3 Å². The standard InChI is InChI=1S/C7H12N.2C4H9.Al/c8-6-7-4-2-1-3-5-7;2*1-4(2)3;/h6-7H,1-5H2;2*4H,1H2,2-3H3;/q3*-1;+3. The van der Waals surface area contributed by atoms with Crippen LogP contribution in [0, 0.1) is 31.6 Å². The molecule has 0 aromatic carbocycles. The maximum Gasteiger partial charge on any atom is 3.00 e. The first kappa shape index (κ1) is 22.4. The van der Waals surface area contributed by atoms with Crippen molar-refractivity contribution < 1.29 is 0 Å². The molecular formula is C15H30AlN. The molecule has 0 N–H and O–H groups in total. The maximum absolute atomic E-state index is 8.57. The smallest absolute Gasteiger partial charge is 0.814 e. The van der Waals surface area contributed by atoms with Crippen LogP contribution in [0.25, 0.3) is 5.41 Å². The second-order valence-corrected chi connectivity index (χ2v) is 5.33. The Morgan fingerprint density at radius 1 is 0.941 bits per heavy atom. The molecule has 0 aromatic heterocycles. The molecule has 17 heavy (non-hydrogen) atoms. The van der Waals surface area contributed by atoms with Crippen LogP contribution < -0.4 is 0 Å². The Balaban J connectivity index is -0.000000189. The van der Waals surface area contributed by atoms with Gasteiger partial charge in [-0.3, -0.25) is 0 Å². The van der Waals surface area contributed by atoms with Gasteiger partial charge in [0.25, 0.3) is 0 Å². The predicted octanol–water partition coefficient (Wildman–Crippen LogP) is 4.78. The number of nitrogens with zero attached hydrogens (tertiary/aromatic N) is 1. The van der Waals surface area contributed by atoms with Crippen molar-refractivity contribution in [2.45, 2.75) is 59.8 Å². The molecule has 1 rings (SSSR count). The van der Waals surface area contributed by atoms with Crippen molar-refractivity contribution in [3.05, 3.63) is 19.3 Å². The molecule has 0 saturated heterocycles. The molecule has 1 aliphatic carbocycles. The average Bonchev–Trinajstić information content (AvgIpc) is 2.17. The molecule has 1 nitrogen and oxygen atoms in total. The molecule has 0 aliphatic heterocycles. The number of rotatable bonds is 1. The Morgan fingerprint density at radius 3 is 1.41 bits per heavy atom. The first-order valence-corrected chi connectivity index (χ1v) is 6.53. The molecule has 0 bridgehead atoms. The van der Waals surface area contributed by atoms with Gasteiger partial charge in [-0.15, -0.1) is 0 Å². The van der Waals surface area contributed by atoms with Crippen LogP contribution in [0.2, 0.25) is 0 Å². The Kier molecular flexibility index (Phi) is 21.3. The van der Waals surface area contributed by atoms with Gasteiger partial charge in [0.1, 0.15) is 0 Å². The monoisotopic (exact) mass is 251 g/mol. The van der Waals surface area contributed by atoms with Gasteiger partial charge in [0, 0.05) is 0 Å². The molecule has 1 saturated carbocycles. The van der Waals surface area contributed by atoms with Crippen LogP contribution in [0.3, 0.4) is 0 Å². The Morgan fingerprint density at radius 2 is 1.24 bits per heavy atom. The predicted molar refractivity (Wildman–Crippen MR) is 82.1 cm³/mol. The van der Waals surface area contributed by atoms with Crippen LogP contribution in [-0.4, -0.2) is 23.6 Å². The second kappa shape index (κ2) is 16.2. The summed E-state index contributed by atoms with van der Waals surface area (Å²) >= 11 is 0. The van der Waals surface area contributed by atoms with E-state index in [4.69, 9.17) is 5.41 Å². The van der Waals surface area contributed by atoms with Gasteiger partial charge in [0.05, 0.1) is 0 Å². The van der Waals surface area contributed by atoms with Gasteiger partial charge in [-0.2, -0.15) is 11.8 Å². The summed E-state index contributed by atoms with van der Waals surface area (Å²) in [6.45, 7) is 15.5. The van der Waals surface area contributed by atoms with Crippen LogP contribution in [0.4, 0.5) is 0 Å². The molecule has 0 spiro atoms. The summed E-state index contributed by atoms with van der Waals surface area (Å²) < 4.78 is 0. The summed E-state index contributed by atoms with van der Waals surface area (Å²) in [5, 5.41) is 8.57. The SMILES string of the molecule is [Al+3].[CH2-]C(C)C.[CH2-]C(C)C.[N-]=CC1CCCCC1. The molecule has 0 atom stereocenters. The van der Waals surface area contributed by atoms with E-state index in [-0.39, 0.29) is 17.4 Å². The van der Waals surface area contributed by atoms with Crippen LogP contribution >= 0.6 is 0 Å². The third-order valence-corrected chi connectivity index (χ3v) is 1.86. The Hall–Kier alpha value is 0.202. The van der Waals surface area contributed by atoms with E-state index in [2.05, 4.69) is 41.5 Å². The summed E-state index contributed by atoms with van der Waals surface area (Å²) in [5.41, 5.74) is 0. The Bertz CT molecular complexity index is 126. The van der Waals surface area contributed by atoms with Crippen molar-refractivity contribution in [2.24, 2.45) is 17.8 Å². The van der Waals surface area contributed by atoms with Gasteiger partial charge in [-0.1, -0.05) is 47.0 Å². The number of hydrogen-bond donors (Lipinski definition) is 0. The van der Waals surface area contributed by atoms with E-state index in [9.17, 15) is 0 Å². The molecule has 0 aromatic rings. The van der Waals surface area contributed by atoms with E-state index in [1.807, 2.05) is 0 Å². The van der Waals surface area contributed by atoms with Gasteiger partial charge >= 0.3 is 17.4 Å². The zero-order chi connectivity index (χ0) is 13.0. The van der Waals surface area contributed by atoms with Crippen molar-refractivity contribution in [3.8, 4) is 0 Å². The third kappa shape index (κ3) is 31.4. The van der Waals surface area contributed by atoms with Crippen LogP contribution in [0.1, 0.15) is 59.8 Å². The molecular weight excluding hydrogens is 221 g/mol. The second-order valence-electron chi connectivity index (χ2n) is 5.33. The fourth-order valence-corrected chi connectivity index (χ4v) is 1.28.